The van der Waals surface area contributed by atoms with Crippen molar-refractivity contribution in [1.29, 1.82) is 0 Å². The molecule has 0 bridgehead atoms. The fourth-order valence-electron chi connectivity index (χ4n) is 2.13. The molecule has 0 amide bonds. The van der Waals surface area contributed by atoms with Crippen LogP contribution >= 0.6 is 11.8 Å². The Bertz CT molecular complexity index is 445. The molecule has 1 aromatic rings. The van der Waals surface area contributed by atoms with Gasteiger partial charge in [-0.15, -0.1) is 11.8 Å². The summed E-state index contributed by atoms with van der Waals surface area (Å²) in [7, 11) is 0. The van der Waals surface area contributed by atoms with Crippen molar-refractivity contribution in [3.05, 3.63) is 29.3 Å². The second-order valence-corrected chi connectivity index (χ2v) is 5.86. The summed E-state index contributed by atoms with van der Waals surface area (Å²) < 4.78 is 5.82. The number of carboxylic acid groups (broad SMARTS) is 1. The van der Waals surface area contributed by atoms with Gasteiger partial charge in [0.1, 0.15) is 17.1 Å². The molecule has 2 rings (SSSR count). The number of benzene rings is 1. The molecule has 3 nitrogen and oxygen atoms in total. The number of carbonyl (C=O) groups is 1. The molecule has 1 heterocycles. The first-order valence-corrected chi connectivity index (χ1v) is 7.25. The normalized spacial score (nSPS) is 19.1. The molecule has 0 aromatic heterocycles. The highest BCUT2D eigenvalue weighted by atomic mass is 32.2. The molecule has 1 aliphatic rings. The summed E-state index contributed by atoms with van der Waals surface area (Å²) in [6.45, 7) is 3.97. The van der Waals surface area contributed by atoms with E-state index >= 15 is 0 Å². The summed E-state index contributed by atoms with van der Waals surface area (Å²) in [5.41, 5.74) is 2.48. The average Bonchev–Trinajstić information content (AvgIpc) is 2.71. The van der Waals surface area contributed by atoms with Gasteiger partial charge in [-0.3, -0.25) is 4.79 Å². The molecule has 0 saturated heterocycles. The Labute approximate surface area is 112 Å². The fourth-order valence-corrected chi connectivity index (χ4v) is 3.14. The summed E-state index contributed by atoms with van der Waals surface area (Å²) in [6, 6.07) is 6.19. The molecule has 2 atom stereocenters. The van der Waals surface area contributed by atoms with Crippen LogP contribution in [-0.2, 0) is 11.2 Å². The van der Waals surface area contributed by atoms with E-state index in [9.17, 15) is 4.79 Å². The van der Waals surface area contributed by atoms with Gasteiger partial charge in [-0.2, -0.15) is 0 Å². The number of ether oxygens (including phenoxy) is 1. The van der Waals surface area contributed by atoms with E-state index in [1.807, 2.05) is 19.1 Å². The van der Waals surface area contributed by atoms with E-state index < -0.39 is 5.97 Å². The number of thioether (sulfide) groups is 1. The van der Waals surface area contributed by atoms with Crippen molar-refractivity contribution in [1.82, 2.24) is 0 Å². The summed E-state index contributed by atoms with van der Waals surface area (Å²) in [5, 5.41) is 8.68. The molecule has 0 saturated carbocycles. The van der Waals surface area contributed by atoms with Crippen molar-refractivity contribution in [3.8, 4) is 5.75 Å². The first-order valence-electron chi connectivity index (χ1n) is 6.20. The Morgan fingerprint density at radius 3 is 3.06 bits per heavy atom. The van der Waals surface area contributed by atoms with Gasteiger partial charge in [-0.05, 0) is 25.0 Å². The number of hydrogen-bond acceptors (Lipinski definition) is 3. The van der Waals surface area contributed by atoms with Crippen molar-refractivity contribution in [3.63, 3.8) is 0 Å². The van der Waals surface area contributed by atoms with Crippen LogP contribution in [0.15, 0.2) is 18.2 Å². The van der Waals surface area contributed by atoms with E-state index in [0.29, 0.717) is 6.42 Å². The number of hydrogen-bond donors (Lipinski definition) is 1. The maximum atomic E-state index is 10.9. The van der Waals surface area contributed by atoms with Gasteiger partial charge in [0.15, 0.2) is 0 Å². The molecule has 1 aliphatic heterocycles. The topological polar surface area (TPSA) is 46.5 Å². The van der Waals surface area contributed by atoms with Crippen LogP contribution in [0.3, 0.4) is 0 Å². The van der Waals surface area contributed by atoms with Crippen molar-refractivity contribution < 1.29 is 14.6 Å². The third-order valence-corrected chi connectivity index (χ3v) is 4.59. The van der Waals surface area contributed by atoms with Crippen LogP contribution in [0.5, 0.6) is 5.75 Å². The van der Waals surface area contributed by atoms with E-state index in [1.54, 1.807) is 0 Å². The first-order chi connectivity index (χ1) is 8.60. The molecule has 0 fully saturated rings. The number of fused-ring (bicyclic) bond motifs is 1. The molecule has 18 heavy (non-hydrogen) atoms. The maximum absolute atomic E-state index is 10.9. The van der Waals surface area contributed by atoms with Crippen LogP contribution in [-0.4, -0.2) is 28.2 Å². The predicted octanol–water partition coefficient (Wildman–Crippen LogP) is 2.89. The lowest BCUT2D eigenvalue weighted by Crippen LogP contribution is -2.22. The van der Waals surface area contributed by atoms with Crippen molar-refractivity contribution in [2.45, 2.75) is 38.0 Å². The lowest BCUT2D eigenvalue weighted by molar-refractivity contribution is -0.136. The van der Waals surface area contributed by atoms with Gasteiger partial charge in [-0.25, -0.2) is 0 Å². The molecular weight excluding hydrogens is 248 g/mol. The Hall–Kier alpha value is -1.16. The van der Waals surface area contributed by atoms with Crippen molar-refractivity contribution in [2.24, 2.45) is 0 Å². The highest BCUT2D eigenvalue weighted by Gasteiger charge is 2.25. The third-order valence-electron chi connectivity index (χ3n) is 3.09. The number of carboxylic acids is 1. The first kappa shape index (κ1) is 13.3. The average molecular weight is 266 g/mol. The lowest BCUT2D eigenvalue weighted by Gasteiger charge is -2.13. The second kappa shape index (κ2) is 5.65. The minimum atomic E-state index is -0.728. The summed E-state index contributed by atoms with van der Waals surface area (Å²) in [6.07, 6.45) is 1.65. The molecular formula is C14H18O3S. The molecule has 0 spiro atoms. The Morgan fingerprint density at radius 1 is 1.61 bits per heavy atom. The summed E-state index contributed by atoms with van der Waals surface area (Å²) in [4.78, 5) is 10.9. The van der Waals surface area contributed by atoms with Crippen molar-refractivity contribution in [2.75, 3.05) is 5.75 Å². The lowest BCUT2D eigenvalue weighted by atomic mass is 10.1. The van der Waals surface area contributed by atoms with E-state index in [2.05, 4.69) is 13.0 Å². The zero-order chi connectivity index (χ0) is 13.1. The second-order valence-electron chi connectivity index (χ2n) is 4.62. The van der Waals surface area contributed by atoms with Gasteiger partial charge in [-0.1, -0.05) is 24.6 Å². The van der Waals surface area contributed by atoms with Crippen molar-refractivity contribution >= 4 is 17.7 Å². The number of aliphatic carboxylic acids is 1. The fraction of sp³-hybridized carbons (Fsp3) is 0.500. The van der Waals surface area contributed by atoms with E-state index in [4.69, 9.17) is 9.84 Å². The monoisotopic (exact) mass is 266 g/mol. The predicted molar refractivity (Wildman–Crippen MR) is 73.5 cm³/mol. The van der Waals surface area contributed by atoms with Crippen LogP contribution in [0.4, 0.5) is 0 Å². The highest BCUT2D eigenvalue weighted by Crippen LogP contribution is 2.31. The van der Waals surface area contributed by atoms with Gasteiger partial charge in [0.05, 0.1) is 0 Å². The third kappa shape index (κ3) is 2.99. The molecule has 1 aromatic carbocycles. The summed E-state index contributed by atoms with van der Waals surface area (Å²) in [5.74, 6) is 0.960. The molecule has 2 unspecified atom stereocenters. The quantitative estimate of drug-likeness (QED) is 0.890. The minimum Gasteiger partial charge on any atom is -0.489 e. The minimum absolute atomic E-state index is 0.111. The van der Waals surface area contributed by atoms with E-state index in [0.717, 1.165) is 17.9 Å². The van der Waals surface area contributed by atoms with Gasteiger partial charge in [0, 0.05) is 12.2 Å². The SMILES string of the molecule is CCC(SCC1Cc2cc(C)ccc2O1)C(=O)O. The van der Waals surface area contributed by atoms with Crippen LogP contribution in [0.25, 0.3) is 0 Å². The van der Waals surface area contributed by atoms with Gasteiger partial charge < -0.3 is 9.84 Å². The molecule has 0 radical (unpaired) electrons. The van der Waals surface area contributed by atoms with E-state index in [1.165, 1.54) is 22.9 Å². The van der Waals surface area contributed by atoms with Crippen LogP contribution < -0.4 is 4.74 Å². The maximum Gasteiger partial charge on any atom is 0.316 e. The van der Waals surface area contributed by atoms with Crippen LogP contribution in [0.2, 0.25) is 0 Å². The van der Waals surface area contributed by atoms with Crippen LogP contribution in [0.1, 0.15) is 24.5 Å². The number of rotatable bonds is 5. The zero-order valence-corrected chi connectivity index (χ0v) is 11.5. The number of aryl methyl sites for hydroxylation is 1. The molecule has 0 aliphatic carbocycles. The van der Waals surface area contributed by atoms with Crippen LogP contribution in [0, 0.1) is 6.92 Å². The van der Waals surface area contributed by atoms with Gasteiger partial charge in [0.2, 0.25) is 0 Å². The van der Waals surface area contributed by atoms with E-state index in [-0.39, 0.29) is 11.4 Å². The van der Waals surface area contributed by atoms with Gasteiger partial charge >= 0.3 is 5.97 Å². The Morgan fingerprint density at radius 2 is 2.39 bits per heavy atom. The standard InChI is InChI=1S/C14H18O3S/c1-3-13(14(15)16)18-8-11-7-10-6-9(2)4-5-12(10)17-11/h4-6,11,13H,3,7-8H2,1-2H3,(H,15,16). The summed E-state index contributed by atoms with van der Waals surface area (Å²) >= 11 is 1.48. The largest absolute Gasteiger partial charge is 0.489 e. The molecule has 98 valence electrons. The van der Waals surface area contributed by atoms with Gasteiger partial charge in [0.25, 0.3) is 0 Å². The molecule has 4 heteroatoms. The Balaban J connectivity index is 1.90. The zero-order valence-electron chi connectivity index (χ0n) is 10.7. The smallest absolute Gasteiger partial charge is 0.316 e. The Kier molecular flexibility index (Phi) is 4.17. The highest BCUT2D eigenvalue weighted by molar-refractivity contribution is 8.00. The molecule has 1 N–H and O–H groups in total.